The molecule has 0 saturated carbocycles. The number of rotatable bonds is 2. The lowest BCUT2D eigenvalue weighted by Crippen LogP contribution is -2.12. The van der Waals surface area contributed by atoms with Gasteiger partial charge in [0.2, 0.25) is 0 Å². The predicted octanol–water partition coefficient (Wildman–Crippen LogP) is 2.22. The van der Waals surface area contributed by atoms with Crippen molar-refractivity contribution < 1.29 is 4.79 Å². The number of hydrogen-bond acceptors (Lipinski definition) is 4. The molecule has 0 saturated heterocycles. The van der Waals surface area contributed by atoms with Gasteiger partial charge in [0.05, 0.1) is 0 Å². The van der Waals surface area contributed by atoms with Crippen LogP contribution in [0.5, 0.6) is 0 Å². The normalized spacial score (nSPS) is 10.4. The minimum atomic E-state index is -0.235. The van der Waals surface area contributed by atoms with E-state index in [-0.39, 0.29) is 5.91 Å². The van der Waals surface area contributed by atoms with Crippen LogP contribution in [0.3, 0.4) is 0 Å². The summed E-state index contributed by atoms with van der Waals surface area (Å²) in [4.78, 5) is 16.1. The van der Waals surface area contributed by atoms with Crippen LogP contribution < -0.4 is 5.73 Å². The molecule has 2 heterocycles. The van der Waals surface area contributed by atoms with Gasteiger partial charge in [-0.25, -0.2) is 4.68 Å². The van der Waals surface area contributed by atoms with Crippen molar-refractivity contribution in [3.05, 3.63) is 66.6 Å². The maximum Gasteiger partial charge on any atom is 0.278 e. The van der Waals surface area contributed by atoms with E-state index in [1.165, 1.54) is 4.68 Å². The van der Waals surface area contributed by atoms with Gasteiger partial charge in [-0.15, -0.1) is 5.10 Å². The number of carbonyl (C=O) groups is 1. The minimum absolute atomic E-state index is 0.235. The fourth-order valence-corrected chi connectivity index (χ4v) is 1.96. The molecule has 3 aromatic rings. The van der Waals surface area contributed by atoms with E-state index in [1.807, 2.05) is 30.3 Å². The number of aromatic nitrogens is 3. The molecular weight excluding hydrogens is 252 g/mol. The Morgan fingerprint density at radius 2 is 1.75 bits per heavy atom. The molecular formula is C15H12N4O. The first-order chi connectivity index (χ1) is 9.75. The van der Waals surface area contributed by atoms with Crippen molar-refractivity contribution in [1.29, 1.82) is 0 Å². The topological polar surface area (TPSA) is 73.8 Å². The highest BCUT2D eigenvalue weighted by Gasteiger charge is 2.14. The Hall–Kier alpha value is -2.95. The molecule has 5 nitrogen and oxygen atoms in total. The number of nitrogens with zero attached hydrogens (tertiary/aromatic N) is 3. The van der Waals surface area contributed by atoms with Crippen LogP contribution in [0.15, 0.2) is 61.1 Å². The first-order valence-corrected chi connectivity index (χ1v) is 6.11. The fraction of sp³-hybridized carbons (Fsp3) is 0. The number of benzene rings is 1. The van der Waals surface area contributed by atoms with Gasteiger partial charge in [-0.3, -0.25) is 9.78 Å². The first kappa shape index (κ1) is 12.1. The summed E-state index contributed by atoms with van der Waals surface area (Å²) in [5.41, 5.74) is 8.08. The van der Waals surface area contributed by atoms with Crippen molar-refractivity contribution in [1.82, 2.24) is 14.8 Å². The zero-order chi connectivity index (χ0) is 13.9. The van der Waals surface area contributed by atoms with Gasteiger partial charge in [-0.05, 0) is 17.7 Å². The van der Waals surface area contributed by atoms with E-state index in [9.17, 15) is 4.79 Å². The standard InChI is InChI=1S/C15H12N4O/c16-14-13(11-4-2-1-3-5-11)10-19(18-14)15(20)12-6-8-17-9-7-12/h1-10H,(H2,16,18). The second-order valence-electron chi connectivity index (χ2n) is 4.28. The SMILES string of the molecule is Nc1nn(C(=O)c2ccncc2)cc1-c1ccccc1. The van der Waals surface area contributed by atoms with Crippen LogP contribution in [0.25, 0.3) is 11.1 Å². The highest BCUT2D eigenvalue weighted by atomic mass is 16.2. The molecule has 0 bridgehead atoms. The molecule has 1 aromatic carbocycles. The number of carbonyl (C=O) groups excluding carboxylic acids is 1. The summed E-state index contributed by atoms with van der Waals surface area (Å²) in [6.45, 7) is 0. The molecule has 0 unspecified atom stereocenters. The highest BCUT2D eigenvalue weighted by molar-refractivity contribution is 5.96. The average Bonchev–Trinajstić information content (AvgIpc) is 2.90. The van der Waals surface area contributed by atoms with E-state index in [2.05, 4.69) is 10.1 Å². The monoisotopic (exact) mass is 264 g/mol. The van der Waals surface area contributed by atoms with Crippen LogP contribution in [0, 0.1) is 0 Å². The lowest BCUT2D eigenvalue weighted by molar-refractivity contribution is 0.0945. The summed E-state index contributed by atoms with van der Waals surface area (Å²) < 4.78 is 1.26. The predicted molar refractivity (Wildman–Crippen MR) is 76.0 cm³/mol. The lowest BCUT2D eigenvalue weighted by atomic mass is 10.1. The van der Waals surface area contributed by atoms with Crippen LogP contribution in [0.4, 0.5) is 5.82 Å². The zero-order valence-electron chi connectivity index (χ0n) is 10.6. The molecule has 5 heteroatoms. The molecule has 2 N–H and O–H groups in total. The van der Waals surface area contributed by atoms with E-state index < -0.39 is 0 Å². The molecule has 20 heavy (non-hydrogen) atoms. The van der Waals surface area contributed by atoms with E-state index in [1.54, 1.807) is 30.7 Å². The fourth-order valence-electron chi connectivity index (χ4n) is 1.96. The van der Waals surface area contributed by atoms with Gasteiger partial charge < -0.3 is 5.73 Å². The lowest BCUT2D eigenvalue weighted by Gasteiger charge is -1.99. The second-order valence-corrected chi connectivity index (χ2v) is 4.28. The molecule has 98 valence electrons. The third kappa shape index (κ3) is 2.16. The Bertz CT molecular complexity index is 735. The Labute approximate surface area is 115 Å². The quantitative estimate of drug-likeness (QED) is 0.770. The van der Waals surface area contributed by atoms with Gasteiger partial charge in [-0.2, -0.15) is 0 Å². The summed E-state index contributed by atoms with van der Waals surface area (Å²) >= 11 is 0. The highest BCUT2D eigenvalue weighted by Crippen LogP contribution is 2.24. The van der Waals surface area contributed by atoms with Crippen molar-refractivity contribution in [2.24, 2.45) is 0 Å². The molecule has 0 atom stereocenters. The molecule has 3 rings (SSSR count). The van der Waals surface area contributed by atoms with Gasteiger partial charge in [0.25, 0.3) is 5.91 Å². The summed E-state index contributed by atoms with van der Waals surface area (Å²) in [6, 6.07) is 12.9. The van der Waals surface area contributed by atoms with Crippen molar-refractivity contribution in [2.75, 3.05) is 5.73 Å². The van der Waals surface area contributed by atoms with Crippen molar-refractivity contribution >= 4 is 11.7 Å². The van der Waals surface area contributed by atoms with Crippen LogP contribution >= 0.6 is 0 Å². The smallest absolute Gasteiger partial charge is 0.278 e. The average molecular weight is 264 g/mol. The van der Waals surface area contributed by atoms with Crippen LogP contribution in [0.1, 0.15) is 10.4 Å². The van der Waals surface area contributed by atoms with E-state index in [4.69, 9.17) is 5.73 Å². The molecule has 0 aliphatic carbocycles. The van der Waals surface area contributed by atoms with Gasteiger partial charge in [0, 0.05) is 29.7 Å². The number of nitrogen functional groups attached to an aromatic ring is 1. The van der Waals surface area contributed by atoms with E-state index in [0.717, 1.165) is 11.1 Å². The third-order valence-electron chi connectivity index (χ3n) is 2.96. The Morgan fingerprint density at radius 3 is 2.45 bits per heavy atom. The molecule has 2 aromatic heterocycles. The minimum Gasteiger partial charge on any atom is -0.382 e. The summed E-state index contributed by atoms with van der Waals surface area (Å²) in [5.74, 6) is 0.0971. The Balaban J connectivity index is 2.00. The number of anilines is 1. The first-order valence-electron chi connectivity index (χ1n) is 6.11. The van der Waals surface area contributed by atoms with Gasteiger partial charge >= 0.3 is 0 Å². The van der Waals surface area contributed by atoms with Gasteiger partial charge in [0.15, 0.2) is 5.82 Å². The molecule has 0 aliphatic heterocycles. The summed E-state index contributed by atoms with van der Waals surface area (Å²) in [5, 5.41) is 4.09. The van der Waals surface area contributed by atoms with Gasteiger partial charge in [0.1, 0.15) is 0 Å². The molecule has 0 radical (unpaired) electrons. The van der Waals surface area contributed by atoms with Crippen molar-refractivity contribution in [2.45, 2.75) is 0 Å². The number of pyridine rings is 1. The third-order valence-corrected chi connectivity index (χ3v) is 2.96. The van der Waals surface area contributed by atoms with Crippen LogP contribution in [0.2, 0.25) is 0 Å². The molecule has 0 amide bonds. The Morgan fingerprint density at radius 1 is 1.05 bits per heavy atom. The maximum atomic E-state index is 12.3. The van der Waals surface area contributed by atoms with Crippen molar-refractivity contribution in [3.63, 3.8) is 0 Å². The number of nitrogens with two attached hydrogens (primary N) is 1. The maximum absolute atomic E-state index is 12.3. The van der Waals surface area contributed by atoms with E-state index in [0.29, 0.717) is 11.4 Å². The largest absolute Gasteiger partial charge is 0.382 e. The number of hydrogen-bond donors (Lipinski definition) is 1. The Kier molecular flexibility index (Phi) is 3.01. The van der Waals surface area contributed by atoms with Gasteiger partial charge in [-0.1, -0.05) is 30.3 Å². The second kappa shape index (κ2) is 4.97. The van der Waals surface area contributed by atoms with Crippen molar-refractivity contribution in [3.8, 4) is 11.1 Å². The van der Waals surface area contributed by atoms with Crippen LogP contribution in [-0.4, -0.2) is 20.7 Å². The molecule has 0 spiro atoms. The zero-order valence-corrected chi connectivity index (χ0v) is 10.6. The van der Waals surface area contributed by atoms with E-state index >= 15 is 0 Å². The molecule has 0 aliphatic rings. The van der Waals surface area contributed by atoms with Crippen LogP contribution in [-0.2, 0) is 0 Å². The summed E-state index contributed by atoms with van der Waals surface area (Å²) in [7, 11) is 0. The summed E-state index contributed by atoms with van der Waals surface area (Å²) in [6.07, 6.45) is 4.78. The molecule has 0 fully saturated rings.